The van der Waals surface area contributed by atoms with E-state index in [1.807, 2.05) is 17.0 Å². The molecule has 0 aromatic heterocycles. The standard InChI is InChI=1S/C19H27N3O2S/c1-14-12-15-13-16(2-3-18(15)24-14)20-19(23)22-6-4-17(5-7-22)21-8-10-25-11-9-21/h2-3,13-14,17H,4-12H2,1H3,(H,20,23)/t14-/m0/s1. The van der Waals surface area contributed by atoms with E-state index in [0.717, 1.165) is 43.8 Å². The third-order valence-corrected chi connectivity index (χ3v) is 6.40. The Morgan fingerprint density at radius 3 is 2.72 bits per heavy atom. The molecule has 136 valence electrons. The number of benzene rings is 1. The van der Waals surface area contributed by atoms with E-state index in [-0.39, 0.29) is 12.1 Å². The Bertz CT molecular complexity index is 625. The minimum Gasteiger partial charge on any atom is -0.490 e. The van der Waals surface area contributed by atoms with Gasteiger partial charge in [-0.15, -0.1) is 0 Å². The Kier molecular flexibility index (Phi) is 5.08. The van der Waals surface area contributed by atoms with Gasteiger partial charge in [-0.2, -0.15) is 11.8 Å². The van der Waals surface area contributed by atoms with Crippen molar-refractivity contribution in [2.75, 3.05) is 43.0 Å². The van der Waals surface area contributed by atoms with Crippen LogP contribution in [-0.2, 0) is 6.42 Å². The Morgan fingerprint density at radius 2 is 1.96 bits per heavy atom. The number of nitrogens with one attached hydrogen (secondary N) is 1. The van der Waals surface area contributed by atoms with Crippen molar-refractivity contribution in [1.29, 1.82) is 0 Å². The number of anilines is 1. The highest BCUT2D eigenvalue weighted by Gasteiger charge is 2.28. The summed E-state index contributed by atoms with van der Waals surface area (Å²) in [6.45, 7) is 6.19. The first-order valence-corrected chi connectivity index (χ1v) is 10.5. The number of fused-ring (bicyclic) bond motifs is 1. The molecule has 3 heterocycles. The zero-order chi connectivity index (χ0) is 17.2. The number of carbonyl (C=O) groups is 1. The van der Waals surface area contributed by atoms with Crippen LogP contribution in [0.1, 0.15) is 25.3 Å². The second-order valence-corrected chi connectivity index (χ2v) is 8.48. The second-order valence-electron chi connectivity index (χ2n) is 7.25. The first-order valence-electron chi connectivity index (χ1n) is 9.36. The van der Waals surface area contributed by atoms with E-state index < -0.39 is 0 Å². The first kappa shape index (κ1) is 17.0. The van der Waals surface area contributed by atoms with Crippen LogP contribution < -0.4 is 10.1 Å². The molecule has 4 rings (SSSR count). The van der Waals surface area contributed by atoms with Crippen molar-refractivity contribution >= 4 is 23.5 Å². The molecule has 1 N–H and O–H groups in total. The number of hydrogen-bond acceptors (Lipinski definition) is 4. The predicted octanol–water partition coefficient (Wildman–Crippen LogP) is 3.06. The average Bonchev–Trinajstić information content (AvgIpc) is 3.02. The number of piperidine rings is 1. The summed E-state index contributed by atoms with van der Waals surface area (Å²) in [6.07, 6.45) is 3.33. The highest BCUT2D eigenvalue weighted by molar-refractivity contribution is 7.99. The van der Waals surface area contributed by atoms with Gasteiger partial charge in [0.2, 0.25) is 0 Å². The van der Waals surface area contributed by atoms with Gasteiger partial charge in [0.25, 0.3) is 0 Å². The molecule has 0 unspecified atom stereocenters. The molecule has 1 aromatic carbocycles. The van der Waals surface area contributed by atoms with Crippen molar-refractivity contribution in [3.8, 4) is 5.75 Å². The SMILES string of the molecule is C[C@H]1Cc2cc(NC(=O)N3CCC(N4CCSCC4)CC3)ccc2O1. The Balaban J connectivity index is 1.30. The van der Waals surface area contributed by atoms with Gasteiger partial charge in [0, 0.05) is 55.8 Å². The van der Waals surface area contributed by atoms with Gasteiger partial charge in [-0.1, -0.05) is 0 Å². The fourth-order valence-corrected chi connectivity index (χ4v) is 5.01. The van der Waals surface area contributed by atoms with Crippen LogP contribution in [0, 0.1) is 0 Å². The number of hydrogen-bond donors (Lipinski definition) is 1. The maximum atomic E-state index is 12.6. The highest BCUT2D eigenvalue weighted by Crippen LogP contribution is 2.31. The number of nitrogens with zero attached hydrogens (tertiary/aromatic N) is 2. The van der Waals surface area contributed by atoms with Gasteiger partial charge in [0.1, 0.15) is 11.9 Å². The molecule has 2 fully saturated rings. The molecule has 5 nitrogen and oxygen atoms in total. The van der Waals surface area contributed by atoms with Crippen LogP contribution in [0.2, 0.25) is 0 Å². The summed E-state index contributed by atoms with van der Waals surface area (Å²) in [7, 11) is 0. The fraction of sp³-hybridized carbons (Fsp3) is 0.632. The number of thioether (sulfide) groups is 1. The largest absolute Gasteiger partial charge is 0.490 e. The molecule has 0 spiro atoms. The van der Waals surface area contributed by atoms with Gasteiger partial charge in [-0.25, -0.2) is 4.79 Å². The molecule has 1 atom stereocenters. The summed E-state index contributed by atoms with van der Waals surface area (Å²) < 4.78 is 5.72. The topological polar surface area (TPSA) is 44.8 Å². The van der Waals surface area contributed by atoms with E-state index in [1.54, 1.807) is 0 Å². The van der Waals surface area contributed by atoms with Gasteiger partial charge in [-0.3, -0.25) is 4.90 Å². The van der Waals surface area contributed by atoms with E-state index in [9.17, 15) is 4.79 Å². The zero-order valence-corrected chi connectivity index (χ0v) is 15.7. The monoisotopic (exact) mass is 361 g/mol. The normalized spacial score (nSPS) is 24.7. The van der Waals surface area contributed by atoms with Crippen molar-refractivity contribution < 1.29 is 9.53 Å². The maximum absolute atomic E-state index is 12.6. The summed E-state index contributed by atoms with van der Waals surface area (Å²) in [6, 6.07) is 6.64. The van der Waals surface area contributed by atoms with Crippen LogP contribution in [0.4, 0.5) is 10.5 Å². The van der Waals surface area contributed by atoms with Gasteiger partial charge in [-0.05, 0) is 43.5 Å². The third kappa shape index (κ3) is 3.90. The molecular weight excluding hydrogens is 334 g/mol. The van der Waals surface area contributed by atoms with Crippen molar-refractivity contribution in [2.24, 2.45) is 0 Å². The molecule has 2 saturated heterocycles. The van der Waals surface area contributed by atoms with Crippen LogP contribution in [-0.4, -0.2) is 65.7 Å². The first-order chi connectivity index (χ1) is 12.2. The molecule has 2 amide bonds. The zero-order valence-electron chi connectivity index (χ0n) is 14.9. The van der Waals surface area contributed by atoms with Crippen molar-refractivity contribution in [2.45, 2.75) is 38.3 Å². The molecule has 0 aliphatic carbocycles. The van der Waals surface area contributed by atoms with Crippen molar-refractivity contribution in [1.82, 2.24) is 9.80 Å². The Labute approximate surface area is 154 Å². The molecule has 0 saturated carbocycles. The number of ether oxygens (including phenoxy) is 1. The minimum atomic E-state index is 0.0274. The number of amides is 2. The van der Waals surface area contributed by atoms with Crippen LogP contribution in [0.5, 0.6) is 5.75 Å². The molecule has 1 aromatic rings. The molecule has 0 radical (unpaired) electrons. The molecule has 0 bridgehead atoms. The molecule has 25 heavy (non-hydrogen) atoms. The average molecular weight is 362 g/mol. The minimum absolute atomic E-state index is 0.0274. The highest BCUT2D eigenvalue weighted by atomic mass is 32.2. The lowest BCUT2D eigenvalue weighted by Crippen LogP contribution is -2.49. The van der Waals surface area contributed by atoms with E-state index >= 15 is 0 Å². The van der Waals surface area contributed by atoms with Crippen LogP contribution in [0.3, 0.4) is 0 Å². The van der Waals surface area contributed by atoms with Crippen molar-refractivity contribution in [3.05, 3.63) is 23.8 Å². The molecule has 3 aliphatic heterocycles. The summed E-state index contributed by atoms with van der Waals surface area (Å²) in [5.74, 6) is 3.45. The lowest BCUT2D eigenvalue weighted by atomic mass is 10.0. The number of urea groups is 1. The Morgan fingerprint density at radius 1 is 1.20 bits per heavy atom. The summed E-state index contributed by atoms with van der Waals surface area (Å²) in [5, 5.41) is 3.07. The molecule has 6 heteroatoms. The third-order valence-electron chi connectivity index (χ3n) is 5.46. The lowest BCUT2D eigenvalue weighted by molar-refractivity contribution is 0.130. The van der Waals surface area contributed by atoms with E-state index in [1.165, 1.54) is 30.2 Å². The quantitative estimate of drug-likeness (QED) is 0.879. The number of likely N-dealkylation sites (tertiary alicyclic amines) is 1. The Hall–Kier alpha value is -1.40. The van der Waals surface area contributed by atoms with Crippen LogP contribution >= 0.6 is 11.8 Å². The predicted molar refractivity (Wildman–Crippen MR) is 103 cm³/mol. The number of rotatable bonds is 2. The van der Waals surface area contributed by atoms with Crippen LogP contribution in [0.15, 0.2) is 18.2 Å². The molecule has 3 aliphatic rings. The van der Waals surface area contributed by atoms with E-state index in [4.69, 9.17) is 4.74 Å². The van der Waals surface area contributed by atoms with Crippen LogP contribution in [0.25, 0.3) is 0 Å². The fourth-order valence-electron chi connectivity index (χ4n) is 4.08. The second kappa shape index (κ2) is 7.46. The summed E-state index contributed by atoms with van der Waals surface area (Å²) in [5.41, 5.74) is 2.06. The van der Waals surface area contributed by atoms with Gasteiger partial charge in [0.15, 0.2) is 0 Å². The summed E-state index contributed by atoms with van der Waals surface area (Å²) >= 11 is 2.05. The van der Waals surface area contributed by atoms with Gasteiger partial charge < -0.3 is 15.0 Å². The lowest BCUT2D eigenvalue weighted by Gasteiger charge is -2.40. The smallest absolute Gasteiger partial charge is 0.321 e. The molecular formula is C19H27N3O2S. The van der Waals surface area contributed by atoms with Gasteiger partial charge >= 0.3 is 6.03 Å². The maximum Gasteiger partial charge on any atom is 0.321 e. The number of carbonyl (C=O) groups excluding carboxylic acids is 1. The summed E-state index contributed by atoms with van der Waals surface area (Å²) in [4.78, 5) is 17.2. The van der Waals surface area contributed by atoms with E-state index in [2.05, 4.69) is 35.0 Å². The van der Waals surface area contributed by atoms with E-state index in [0.29, 0.717) is 6.04 Å². The van der Waals surface area contributed by atoms with Crippen molar-refractivity contribution in [3.63, 3.8) is 0 Å². The van der Waals surface area contributed by atoms with Gasteiger partial charge in [0.05, 0.1) is 0 Å².